The molecule has 2 amide bonds. The van der Waals surface area contributed by atoms with Crippen molar-refractivity contribution in [2.45, 2.75) is 52.5 Å². The van der Waals surface area contributed by atoms with E-state index < -0.39 is 0 Å². The fourth-order valence-electron chi connectivity index (χ4n) is 6.10. The van der Waals surface area contributed by atoms with Gasteiger partial charge in [0.25, 0.3) is 0 Å². The second-order valence-corrected chi connectivity index (χ2v) is 10.3. The van der Waals surface area contributed by atoms with Crippen molar-refractivity contribution >= 4 is 12.1 Å². The fraction of sp³-hybridized carbons (Fsp3) is 0.400. The molecule has 2 aliphatic rings. The topological polar surface area (TPSA) is 50.2 Å². The average Bonchev–Trinajstić information content (AvgIpc) is 3.43. The molecule has 1 heterocycles. The van der Waals surface area contributed by atoms with Gasteiger partial charge < -0.3 is 10.2 Å². The molecule has 3 atom stereocenters. The molecule has 188 valence electrons. The molecule has 2 aliphatic carbocycles. The first-order chi connectivity index (χ1) is 17.4. The van der Waals surface area contributed by atoms with E-state index in [0.29, 0.717) is 19.0 Å². The van der Waals surface area contributed by atoms with Crippen LogP contribution < -0.4 is 5.32 Å². The van der Waals surface area contributed by atoms with E-state index in [0.717, 1.165) is 42.6 Å². The Morgan fingerprint density at radius 3 is 2.58 bits per heavy atom. The first kappa shape index (κ1) is 24.3. The minimum absolute atomic E-state index is 0.000673. The number of halogens is 1. The van der Waals surface area contributed by atoms with E-state index in [-0.39, 0.29) is 23.3 Å². The third-order valence-electron chi connectivity index (χ3n) is 8.29. The lowest BCUT2D eigenvalue weighted by Gasteiger charge is -2.38. The molecule has 0 radical (unpaired) electrons. The molecule has 0 bridgehead atoms. The zero-order valence-electron chi connectivity index (χ0n) is 21.4. The Balaban J connectivity index is 1.41. The molecule has 3 aromatic rings. The van der Waals surface area contributed by atoms with Gasteiger partial charge in [0.1, 0.15) is 5.82 Å². The van der Waals surface area contributed by atoms with Crippen LogP contribution in [0.4, 0.5) is 9.18 Å². The molecule has 6 heteroatoms. The van der Waals surface area contributed by atoms with Crippen LogP contribution in [0, 0.1) is 17.2 Å². The summed E-state index contributed by atoms with van der Waals surface area (Å²) < 4.78 is 15.4. The third kappa shape index (κ3) is 4.45. The second-order valence-electron chi connectivity index (χ2n) is 10.3. The molecule has 1 aromatic heterocycles. The molecule has 2 aromatic carbocycles. The third-order valence-corrected chi connectivity index (χ3v) is 8.29. The maximum Gasteiger partial charge on any atom is 0.317 e. The van der Waals surface area contributed by atoms with Crippen LogP contribution in [0.3, 0.4) is 0 Å². The monoisotopic (exact) mass is 486 g/mol. The molecule has 1 N–H and O–H groups in total. The Kier molecular flexibility index (Phi) is 6.69. The van der Waals surface area contributed by atoms with Gasteiger partial charge in [0.15, 0.2) is 0 Å². The van der Waals surface area contributed by atoms with Crippen LogP contribution in [0.25, 0.3) is 11.8 Å². The number of allylic oxidation sites excluding steroid dienone is 1. The van der Waals surface area contributed by atoms with Crippen molar-refractivity contribution in [2.75, 3.05) is 13.1 Å². The van der Waals surface area contributed by atoms with Crippen molar-refractivity contribution in [1.82, 2.24) is 20.0 Å². The highest BCUT2D eigenvalue weighted by Crippen LogP contribution is 2.55. The summed E-state index contributed by atoms with van der Waals surface area (Å²) >= 11 is 0. The average molecular weight is 487 g/mol. The number of nitrogens with one attached hydrogen (secondary N) is 1. The highest BCUT2D eigenvalue weighted by molar-refractivity contribution is 5.74. The summed E-state index contributed by atoms with van der Waals surface area (Å²) in [4.78, 5) is 14.9. The molecule has 0 spiro atoms. The highest BCUT2D eigenvalue weighted by atomic mass is 19.1. The number of nitrogens with zero attached hydrogens (tertiary/aromatic N) is 3. The fourth-order valence-corrected chi connectivity index (χ4v) is 6.10. The molecule has 36 heavy (non-hydrogen) atoms. The van der Waals surface area contributed by atoms with Crippen LogP contribution in [-0.4, -0.2) is 33.8 Å². The summed E-state index contributed by atoms with van der Waals surface area (Å²) in [6.45, 7) is 7.79. The number of aromatic nitrogens is 2. The van der Waals surface area contributed by atoms with Gasteiger partial charge >= 0.3 is 6.03 Å². The first-order valence-electron chi connectivity index (χ1n) is 13.1. The lowest BCUT2D eigenvalue weighted by Crippen LogP contribution is -2.42. The van der Waals surface area contributed by atoms with E-state index in [1.54, 1.807) is 12.1 Å². The zero-order valence-corrected chi connectivity index (χ0v) is 21.4. The number of benzene rings is 2. The number of amides is 2. The maximum absolute atomic E-state index is 13.5. The molecular weight excluding hydrogens is 451 g/mol. The molecule has 1 unspecified atom stereocenters. The number of carbonyl (C=O) groups excluding carboxylic acids is 1. The van der Waals surface area contributed by atoms with Crippen molar-refractivity contribution in [2.24, 2.45) is 11.3 Å². The van der Waals surface area contributed by atoms with Crippen molar-refractivity contribution in [3.05, 3.63) is 89.0 Å². The van der Waals surface area contributed by atoms with Crippen LogP contribution in [0.2, 0.25) is 0 Å². The van der Waals surface area contributed by atoms with E-state index in [9.17, 15) is 9.18 Å². The molecule has 5 nitrogen and oxygen atoms in total. The molecule has 0 aliphatic heterocycles. The quantitative estimate of drug-likeness (QED) is 0.412. The van der Waals surface area contributed by atoms with Crippen LogP contribution in [0.1, 0.15) is 62.9 Å². The number of carbonyl (C=O) groups is 1. The van der Waals surface area contributed by atoms with Crippen molar-refractivity contribution in [1.29, 1.82) is 0 Å². The summed E-state index contributed by atoms with van der Waals surface area (Å²) in [6, 6.07) is 16.8. The maximum atomic E-state index is 13.5. The molecular formula is C30H35FN4O. The summed E-state index contributed by atoms with van der Waals surface area (Å²) in [6.07, 6.45) is 8.23. The van der Waals surface area contributed by atoms with Crippen molar-refractivity contribution in [3.8, 4) is 5.69 Å². The Morgan fingerprint density at radius 2 is 1.89 bits per heavy atom. The van der Waals surface area contributed by atoms with E-state index >= 15 is 0 Å². The minimum Gasteiger partial charge on any atom is -0.331 e. The van der Waals surface area contributed by atoms with E-state index in [2.05, 4.69) is 35.5 Å². The molecule has 0 saturated heterocycles. The normalized spacial score (nSPS) is 21.3. The van der Waals surface area contributed by atoms with E-state index in [4.69, 9.17) is 0 Å². The number of hydrogen-bond donors (Lipinski definition) is 1. The number of fused-ring (bicyclic) bond motifs is 2. The highest BCUT2D eigenvalue weighted by Gasteiger charge is 2.46. The second kappa shape index (κ2) is 9.92. The Hall–Kier alpha value is -3.41. The number of hydrogen-bond acceptors (Lipinski definition) is 2. The Morgan fingerprint density at radius 1 is 1.17 bits per heavy atom. The predicted molar refractivity (Wildman–Crippen MR) is 141 cm³/mol. The first-order valence-corrected chi connectivity index (χ1v) is 13.1. The zero-order chi connectivity index (χ0) is 25.3. The Bertz CT molecular complexity index is 1250. The van der Waals surface area contributed by atoms with E-state index in [1.165, 1.54) is 23.3 Å². The van der Waals surface area contributed by atoms with Gasteiger partial charge in [-0.05, 0) is 92.3 Å². The summed E-state index contributed by atoms with van der Waals surface area (Å²) in [5, 5.41) is 8.00. The van der Waals surface area contributed by atoms with Crippen LogP contribution in [0.15, 0.2) is 66.4 Å². The summed E-state index contributed by atoms with van der Waals surface area (Å²) in [7, 11) is 0. The number of rotatable bonds is 7. The van der Waals surface area contributed by atoms with E-state index in [1.807, 2.05) is 47.8 Å². The van der Waals surface area contributed by atoms with Gasteiger partial charge in [-0.15, -0.1) is 0 Å². The van der Waals surface area contributed by atoms with Gasteiger partial charge in [0.2, 0.25) is 0 Å². The standard InChI is InChI=1S/C30H35FN4O/c1-4-34(5-2)29(36)33-27(21-9-7-6-8-10-21)17-23-11-12-24-18-28-22(19-30(23,24)3)20-32-35(28)26-15-13-25(31)14-16-26/h6-10,13-16,18,20,23,27H,4-5,11-12,17,19H2,1-3H3,(H,33,36)/t23-,27?,30-/m1/s1. The largest absolute Gasteiger partial charge is 0.331 e. The Labute approximate surface area is 213 Å². The van der Waals surface area contributed by atoms with Gasteiger partial charge in [-0.2, -0.15) is 5.10 Å². The van der Waals surface area contributed by atoms with Gasteiger partial charge in [-0.1, -0.05) is 42.8 Å². The SMILES string of the molecule is CCN(CC)C(=O)NC(C[C@H]1CCC2=Cc3c(cnn3-c3ccc(F)cc3)C[C@@]21C)c1ccccc1. The van der Waals surface area contributed by atoms with Gasteiger partial charge in [0.05, 0.1) is 23.6 Å². The van der Waals surface area contributed by atoms with Crippen LogP contribution in [0.5, 0.6) is 0 Å². The van der Waals surface area contributed by atoms with Crippen LogP contribution >= 0.6 is 0 Å². The van der Waals surface area contributed by atoms with Gasteiger partial charge in [0, 0.05) is 13.1 Å². The van der Waals surface area contributed by atoms with Gasteiger partial charge in [-0.3, -0.25) is 0 Å². The lowest BCUT2D eigenvalue weighted by molar-refractivity contribution is 0.188. The summed E-state index contributed by atoms with van der Waals surface area (Å²) in [5.41, 5.74) is 5.82. The van der Waals surface area contributed by atoms with Crippen molar-refractivity contribution in [3.63, 3.8) is 0 Å². The number of urea groups is 1. The molecule has 5 rings (SSSR count). The predicted octanol–water partition coefficient (Wildman–Crippen LogP) is 6.55. The smallest absolute Gasteiger partial charge is 0.317 e. The van der Waals surface area contributed by atoms with Crippen LogP contribution in [-0.2, 0) is 6.42 Å². The summed E-state index contributed by atoms with van der Waals surface area (Å²) in [5.74, 6) is 0.193. The van der Waals surface area contributed by atoms with Crippen molar-refractivity contribution < 1.29 is 9.18 Å². The molecule has 1 saturated carbocycles. The lowest BCUT2D eigenvalue weighted by atomic mass is 9.68. The molecule has 1 fully saturated rings. The minimum atomic E-state index is -0.245. The van der Waals surface area contributed by atoms with Gasteiger partial charge in [-0.25, -0.2) is 13.9 Å².